The summed E-state index contributed by atoms with van der Waals surface area (Å²) in [6.45, 7) is 1.48. The van der Waals surface area contributed by atoms with E-state index in [9.17, 15) is 9.59 Å². The Morgan fingerprint density at radius 3 is 2.94 bits per heavy atom. The minimum Gasteiger partial charge on any atom is -0.457 e. The molecule has 2 heterocycles. The van der Waals surface area contributed by atoms with E-state index in [1.54, 1.807) is 6.07 Å². The predicted molar refractivity (Wildman–Crippen MR) is 63.3 cm³/mol. The van der Waals surface area contributed by atoms with Crippen molar-refractivity contribution in [2.24, 2.45) is 5.73 Å². The summed E-state index contributed by atoms with van der Waals surface area (Å²) in [5, 5.41) is 3.03. The summed E-state index contributed by atoms with van der Waals surface area (Å²) in [4.78, 5) is 24.9. The Bertz CT molecular complexity index is 446. The molecule has 7 heteroatoms. The highest BCUT2D eigenvalue weighted by Gasteiger charge is 2.32. The molecule has 2 rings (SSSR count). The van der Waals surface area contributed by atoms with E-state index < -0.39 is 11.9 Å². The number of halogens is 1. The fourth-order valence-electron chi connectivity index (χ4n) is 1.80. The number of carbonyl (C=O) groups excluding carboxylic acids is 2. The molecule has 1 unspecified atom stereocenters. The molecule has 0 radical (unpaired) electrons. The average molecular weight is 302 g/mol. The van der Waals surface area contributed by atoms with E-state index in [0.29, 0.717) is 29.9 Å². The third kappa shape index (κ3) is 2.34. The lowest BCUT2D eigenvalue weighted by molar-refractivity contribution is -0.122. The summed E-state index contributed by atoms with van der Waals surface area (Å²) < 4.78 is 5.37. The van der Waals surface area contributed by atoms with E-state index in [4.69, 9.17) is 10.2 Å². The van der Waals surface area contributed by atoms with Crippen LogP contribution in [0.25, 0.3) is 0 Å². The van der Waals surface area contributed by atoms with Crippen LogP contribution >= 0.6 is 15.9 Å². The Hall–Kier alpha value is -1.34. The molecule has 2 amide bonds. The number of carbonyl (C=O) groups is 2. The van der Waals surface area contributed by atoms with E-state index in [1.165, 1.54) is 11.2 Å². The minimum atomic E-state index is -0.613. The van der Waals surface area contributed by atoms with Crippen LogP contribution in [0.4, 0.5) is 0 Å². The first-order chi connectivity index (χ1) is 8.11. The second kappa shape index (κ2) is 4.89. The smallest absolute Gasteiger partial charge is 0.259 e. The topological polar surface area (TPSA) is 88.6 Å². The first-order valence-electron chi connectivity index (χ1n) is 5.15. The first kappa shape index (κ1) is 12.1. The summed E-state index contributed by atoms with van der Waals surface area (Å²) in [7, 11) is 0. The standard InChI is InChI=1S/C10H12BrN3O3/c11-8-6(1-4-17-8)10(16)14-3-2-13-5-7(14)9(12)15/h1,4,7,13H,2-3,5H2,(H2,12,15). The van der Waals surface area contributed by atoms with Crippen molar-refractivity contribution in [1.29, 1.82) is 0 Å². The van der Waals surface area contributed by atoms with Crippen molar-refractivity contribution in [3.63, 3.8) is 0 Å². The van der Waals surface area contributed by atoms with Crippen LogP contribution in [0.3, 0.4) is 0 Å². The van der Waals surface area contributed by atoms with Crippen molar-refractivity contribution in [2.75, 3.05) is 19.6 Å². The summed E-state index contributed by atoms with van der Waals surface area (Å²) in [5.41, 5.74) is 5.68. The SMILES string of the molecule is NC(=O)C1CNCCN1C(=O)c1ccoc1Br. The van der Waals surface area contributed by atoms with Gasteiger partial charge in [-0.15, -0.1) is 0 Å². The molecule has 1 saturated heterocycles. The van der Waals surface area contributed by atoms with E-state index in [-0.39, 0.29) is 5.91 Å². The molecule has 6 nitrogen and oxygen atoms in total. The summed E-state index contributed by atoms with van der Waals surface area (Å²) in [6.07, 6.45) is 1.42. The summed E-state index contributed by atoms with van der Waals surface area (Å²) in [5.74, 6) is -0.763. The van der Waals surface area contributed by atoms with Gasteiger partial charge in [-0.1, -0.05) is 0 Å². The molecule has 1 fully saturated rings. The molecular weight excluding hydrogens is 290 g/mol. The predicted octanol–water partition coefficient (Wildman–Crippen LogP) is -0.0586. The molecule has 0 bridgehead atoms. The number of primary amides is 1. The monoisotopic (exact) mass is 301 g/mol. The van der Waals surface area contributed by atoms with Gasteiger partial charge in [0.2, 0.25) is 5.91 Å². The van der Waals surface area contributed by atoms with E-state index >= 15 is 0 Å². The van der Waals surface area contributed by atoms with Crippen LogP contribution in [0.1, 0.15) is 10.4 Å². The Kier molecular flexibility index (Phi) is 3.49. The molecule has 1 aromatic heterocycles. The Morgan fingerprint density at radius 1 is 1.59 bits per heavy atom. The van der Waals surface area contributed by atoms with E-state index in [2.05, 4.69) is 21.2 Å². The van der Waals surface area contributed by atoms with E-state index in [0.717, 1.165) is 0 Å². The van der Waals surface area contributed by atoms with Crippen LogP contribution in [0.5, 0.6) is 0 Å². The molecule has 1 aromatic rings. The molecule has 1 atom stereocenters. The quantitative estimate of drug-likeness (QED) is 0.801. The molecule has 1 aliphatic rings. The minimum absolute atomic E-state index is 0.254. The van der Waals surface area contributed by atoms with Gasteiger partial charge in [-0.2, -0.15) is 0 Å². The van der Waals surface area contributed by atoms with Gasteiger partial charge in [0.15, 0.2) is 4.67 Å². The number of hydrogen-bond donors (Lipinski definition) is 2. The molecule has 0 spiro atoms. The van der Waals surface area contributed by atoms with Crippen molar-refractivity contribution >= 4 is 27.7 Å². The maximum Gasteiger partial charge on any atom is 0.259 e. The van der Waals surface area contributed by atoms with Crippen LogP contribution in [-0.2, 0) is 4.79 Å². The van der Waals surface area contributed by atoms with Crippen molar-refractivity contribution in [1.82, 2.24) is 10.2 Å². The number of rotatable bonds is 2. The number of nitrogens with zero attached hydrogens (tertiary/aromatic N) is 1. The van der Waals surface area contributed by atoms with Crippen molar-refractivity contribution < 1.29 is 14.0 Å². The van der Waals surface area contributed by atoms with Crippen LogP contribution in [0.2, 0.25) is 0 Å². The van der Waals surface area contributed by atoms with Gasteiger partial charge in [0, 0.05) is 19.6 Å². The van der Waals surface area contributed by atoms with Gasteiger partial charge in [-0.3, -0.25) is 9.59 Å². The summed E-state index contributed by atoms with van der Waals surface area (Å²) >= 11 is 3.14. The third-order valence-electron chi connectivity index (χ3n) is 2.68. The number of hydrogen-bond acceptors (Lipinski definition) is 4. The van der Waals surface area contributed by atoms with Crippen molar-refractivity contribution in [2.45, 2.75) is 6.04 Å². The Labute approximate surface area is 106 Å². The van der Waals surface area contributed by atoms with Crippen LogP contribution < -0.4 is 11.1 Å². The molecule has 0 aliphatic carbocycles. The maximum absolute atomic E-state index is 12.2. The lowest BCUT2D eigenvalue weighted by atomic mass is 10.1. The molecule has 3 N–H and O–H groups in total. The first-order valence-corrected chi connectivity index (χ1v) is 5.94. The maximum atomic E-state index is 12.2. The second-order valence-corrected chi connectivity index (χ2v) is 4.45. The van der Waals surface area contributed by atoms with Gasteiger partial charge in [-0.05, 0) is 22.0 Å². The number of nitrogens with two attached hydrogens (primary N) is 1. The lowest BCUT2D eigenvalue weighted by Gasteiger charge is -2.33. The molecule has 92 valence electrons. The largest absolute Gasteiger partial charge is 0.457 e. The number of amides is 2. The molecule has 0 aromatic carbocycles. The number of piperazine rings is 1. The van der Waals surface area contributed by atoms with Gasteiger partial charge in [0.25, 0.3) is 5.91 Å². The van der Waals surface area contributed by atoms with Gasteiger partial charge < -0.3 is 20.4 Å². The second-order valence-electron chi connectivity index (χ2n) is 3.73. The zero-order valence-electron chi connectivity index (χ0n) is 8.98. The molecule has 1 aliphatic heterocycles. The highest BCUT2D eigenvalue weighted by atomic mass is 79.9. The Morgan fingerprint density at radius 2 is 2.35 bits per heavy atom. The van der Waals surface area contributed by atoms with Gasteiger partial charge >= 0.3 is 0 Å². The molecule has 0 saturated carbocycles. The highest BCUT2D eigenvalue weighted by molar-refractivity contribution is 9.10. The zero-order chi connectivity index (χ0) is 12.4. The zero-order valence-corrected chi connectivity index (χ0v) is 10.6. The van der Waals surface area contributed by atoms with Crippen LogP contribution in [0.15, 0.2) is 21.4 Å². The average Bonchev–Trinajstić information content (AvgIpc) is 2.74. The van der Waals surface area contributed by atoms with Gasteiger partial charge in [0.05, 0.1) is 11.8 Å². The van der Waals surface area contributed by atoms with Crippen LogP contribution in [0, 0.1) is 0 Å². The van der Waals surface area contributed by atoms with Crippen LogP contribution in [-0.4, -0.2) is 42.4 Å². The molecule has 17 heavy (non-hydrogen) atoms. The van der Waals surface area contributed by atoms with Crippen molar-refractivity contribution in [3.8, 4) is 0 Å². The highest BCUT2D eigenvalue weighted by Crippen LogP contribution is 2.20. The normalized spacial score (nSPS) is 20.3. The lowest BCUT2D eigenvalue weighted by Crippen LogP contribution is -2.58. The third-order valence-corrected chi connectivity index (χ3v) is 3.30. The van der Waals surface area contributed by atoms with E-state index in [1.807, 2.05) is 0 Å². The van der Waals surface area contributed by atoms with Gasteiger partial charge in [0.1, 0.15) is 6.04 Å². The summed E-state index contributed by atoms with van der Waals surface area (Å²) in [6, 6.07) is 0.949. The number of furan rings is 1. The van der Waals surface area contributed by atoms with Crippen molar-refractivity contribution in [3.05, 3.63) is 22.6 Å². The fourth-order valence-corrected chi connectivity index (χ4v) is 2.21. The Balaban J connectivity index is 2.23. The number of nitrogens with one attached hydrogen (secondary N) is 1. The molecular formula is C10H12BrN3O3. The fraction of sp³-hybridized carbons (Fsp3) is 0.400. The van der Waals surface area contributed by atoms with Gasteiger partial charge in [-0.25, -0.2) is 0 Å².